The summed E-state index contributed by atoms with van der Waals surface area (Å²) in [7, 11) is 0. The van der Waals surface area contributed by atoms with E-state index < -0.39 is 0 Å². The van der Waals surface area contributed by atoms with Crippen molar-refractivity contribution in [2.75, 3.05) is 31.2 Å². The number of ether oxygens (including phenoxy) is 1. The molecule has 1 aromatic carbocycles. The van der Waals surface area contributed by atoms with Crippen LogP contribution in [0.1, 0.15) is 31.9 Å². The Hall–Kier alpha value is -1.06. The van der Waals surface area contributed by atoms with Gasteiger partial charge >= 0.3 is 0 Å². The van der Waals surface area contributed by atoms with E-state index in [-0.39, 0.29) is 5.54 Å². The zero-order valence-electron chi connectivity index (χ0n) is 12.3. The molecular weight excluding hydrogens is 236 g/mol. The number of hydrogen-bond donors (Lipinski definition) is 0. The summed E-state index contributed by atoms with van der Waals surface area (Å²) in [6.07, 6.45) is 0. The van der Waals surface area contributed by atoms with Crippen LogP contribution >= 0.6 is 0 Å². The van der Waals surface area contributed by atoms with Gasteiger partial charge in [-0.3, -0.25) is 4.90 Å². The van der Waals surface area contributed by atoms with Crippen molar-refractivity contribution >= 4 is 5.69 Å². The molecule has 0 aliphatic carbocycles. The SMILES string of the molecule is CC(C)(C)N1Cc2ccc(N3CCOCC3)cc2C1. The molecule has 3 rings (SSSR count). The van der Waals surface area contributed by atoms with Crippen LogP contribution in [0, 0.1) is 0 Å². The molecule has 0 radical (unpaired) electrons. The van der Waals surface area contributed by atoms with Crippen LogP contribution in [0.5, 0.6) is 0 Å². The first-order valence-electron chi connectivity index (χ1n) is 7.23. The lowest BCUT2D eigenvalue weighted by Gasteiger charge is -2.31. The molecule has 19 heavy (non-hydrogen) atoms. The van der Waals surface area contributed by atoms with Crippen molar-refractivity contribution < 1.29 is 4.74 Å². The van der Waals surface area contributed by atoms with Crippen molar-refractivity contribution in [3.63, 3.8) is 0 Å². The zero-order chi connectivity index (χ0) is 13.5. The molecule has 3 heteroatoms. The highest BCUT2D eigenvalue weighted by Crippen LogP contribution is 2.31. The second kappa shape index (κ2) is 4.80. The van der Waals surface area contributed by atoms with Crippen LogP contribution in [0.15, 0.2) is 18.2 Å². The minimum atomic E-state index is 0.248. The number of nitrogens with zero attached hydrogens (tertiary/aromatic N) is 2. The van der Waals surface area contributed by atoms with Crippen LogP contribution in [-0.2, 0) is 17.8 Å². The van der Waals surface area contributed by atoms with E-state index in [9.17, 15) is 0 Å². The Morgan fingerprint density at radius 3 is 2.37 bits per heavy atom. The largest absolute Gasteiger partial charge is 0.378 e. The van der Waals surface area contributed by atoms with Crippen molar-refractivity contribution in [1.82, 2.24) is 4.90 Å². The highest BCUT2D eigenvalue weighted by atomic mass is 16.5. The van der Waals surface area contributed by atoms with E-state index in [2.05, 4.69) is 48.8 Å². The number of hydrogen-bond acceptors (Lipinski definition) is 3. The normalized spacial score (nSPS) is 20.7. The first-order valence-corrected chi connectivity index (χ1v) is 7.23. The van der Waals surface area contributed by atoms with Gasteiger partial charge < -0.3 is 9.64 Å². The van der Waals surface area contributed by atoms with Crippen molar-refractivity contribution in [2.24, 2.45) is 0 Å². The molecule has 0 N–H and O–H groups in total. The Morgan fingerprint density at radius 1 is 1.00 bits per heavy atom. The molecular formula is C16H24N2O. The smallest absolute Gasteiger partial charge is 0.0642 e. The topological polar surface area (TPSA) is 15.7 Å². The van der Waals surface area contributed by atoms with E-state index in [0.29, 0.717) is 0 Å². The van der Waals surface area contributed by atoms with Crippen LogP contribution in [0.4, 0.5) is 5.69 Å². The average Bonchev–Trinajstić information content (AvgIpc) is 2.82. The van der Waals surface area contributed by atoms with Gasteiger partial charge in [-0.1, -0.05) is 6.07 Å². The van der Waals surface area contributed by atoms with Gasteiger partial charge in [0, 0.05) is 37.4 Å². The summed E-state index contributed by atoms with van der Waals surface area (Å²) >= 11 is 0. The summed E-state index contributed by atoms with van der Waals surface area (Å²) in [6.45, 7) is 12.8. The Morgan fingerprint density at radius 2 is 1.68 bits per heavy atom. The van der Waals surface area contributed by atoms with Gasteiger partial charge in [-0.2, -0.15) is 0 Å². The fourth-order valence-electron chi connectivity index (χ4n) is 2.87. The van der Waals surface area contributed by atoms with Gasteiger partial charge in [0.05, 0.1) is 13.2 Å². The summed E-state index contributed by atoms with van der Waals surface area (Å²) < 4.78 is 5.43. The molecule has 0 amide bonds. The van der Waals surface area contributed by atoms with Crippen LogP contribution in [0.2, 0.25) is 0 Å². The maximum atomic E-state index is 5.43. The molecule has 1 saturated heterocycles. The van der Waals surface area contributed by atoms with Gasteiger partial charge in [0.15, 0.2) is 0 Å². The van der Waals surface area contributed by atoms with Gasteiger partial charge in [-0.15, -0.1) is 0 Å². The van der Waals surface area contributed by atoms with Crippen LogP contribution in [0.3, 0.4) is 0 Å². The molecule has 0 aromatic heterocycles. The molecule has 2 aliphatic heterocycles. The molecule has 2 heterocycles. The molecule has 0 bridgehead atoms. The van der Waals surface area contributed by atoms with E-state index in [4.69, 9.17) is 4.74 Å². The summed E-state index contributed by atoms with van der Waals surface area (Å²) in [4.78, 5) is 4.98. The third-order valence-electron chi connectivity index (χ3n) is 4.24. The molecule has 0 spiro atoms. The van der Waals surface area contributed by atoms with Crippen molar-refractivity contribution in [2.45, 2.75) is 39.4 Å². The van der Waals surface area contributed by atoms with Crippen molar-refractivity contribution in [3.8, 4) is 0 Å². The monoisotopic (exact) mass is 260 g/mol. The Balaban J connectivity index is 1.79. The van der Waals surface area contributed by atoms with Gasteiger partial charge in [0.25, 0.3) is 0 Å². The summed E-state index contributed by atoms with van der Waals surface area (Å²) in [5, 5.41) is 0. The Kier molecular flexibility index (Phi) is 3.27. The molecule has 2 aliphatic rings. The van der Waals surface area contributed by atoms with E-state index in [1.54, 1.807) is 0 Å². The number of rotatable bonds is 1. The lowest BCUT2D eigenvalue weighted by Crippen LogP contribution is -2.37. The summed E-state index contributed by atoms with van der Waals surface area (Å²) in [5.41, 5.74) is 4.60. The number of anilines is 1. The minimum Gasteiger partial charge on any atom is -0.378 e. The molecule has 0 unspecified atom stereocenters. The maximum Gasteiger partial charge on any atom is 0.0642 e. The fourth-order valence-corrected chi connectivity index (χ4v) is 2.87. The molecule has 3 nitrogen and oxygen atoms in total. The first-order chi connectivity index (χ1) is 9.04. The minimum absolute atomic E-state index is 0.248. The number of morpholine rings is 1. The van der Waals surface area contributed by atoms with Crippen molar-refractivity contribution in [3.05, 3.63) is 29.3 Å². The van der Waals surface area contributed by atoms with Gasteiger partial charge in [0.1, 0.15) is 0 Å². The zero-order valence-corrected chi connectivity index (χ0v) is 12.3. The van der Waals surface area contributed by atoms with Crippen LogP contribution in [-0.4, -0.2) is 36.7 Å². The lowest BCUT2D eigenvalue weighted by molar-refractivity contribution is 0.122. The van der Waals surface area contributed by atoms with E-state index in [1.165, 1.54) is 16.8 Å². The third kappa shape index (κ3) is 2.63. The highest BCUT2D eigenvalue weighted by Gasteiger charge is 2.28. The van der Waals surface area contributed by atoms with Gasteiger partial charge in [-0.05, 0) is 44.0 Å². The van der Waals surface area contributed by atoms with Gasteiger partial charge in [0.2, 0.25) is 0 Å². The molecule has 1 aromatic rings. The van der Waals surface area contributed by atoms with E-state index >= 15 is 0 Å². The number of fused-ring (bicyclic) bond motifs is 1. The second-order valence-corrected chi connectivity index (χ2v) is 6.58. The third-order valence-corrected chi connectivity index (χ3v) is 4.24. The lowest BCUT2D eigenvalue weighted by atomic mass is 10.1. The number of benzene rings is 1. The molecule has 0 atom stereocenters. The Labute approximate surface area is 116 Å². The summed E-state index contributed by atoms with van der Waals surface area (Å²) in [5.74, 6) is 0. The highest BCUT2D eigenvalue weighted by molar-refractivity contribution is 5.52. The van der Waals surface area contributed by atoms with Gasteiger partial charge in [-0.25, -0.2) is 0 Å². The molecule has 104 valence electrons. The predicted molar refractivity (Wildman–Crippen MR) is 78.5 cm³/mol. The van der Waals surface area contributed by atoms with Crippen LogP contribution in [0.25, 0.3) is 0 Å². The van der Waals surface area contributed by atoms with E-state index in [1.807, 2.05) is 0 Å². The van der Waals surface area contributed by atoms with E-state index in [0.717, 1.165) is 39.4 Å². The quantitative estimate of drug-likeness (QED) is 0.772. The maximum absolute atomic E-state index is 5.43. The Bertz CT molecular complexity index is 458. The predicted octanol–water partition coefficient (Wildman–Crippen LogP) is 2.64. The van der Waals surface area contributed by atoms with Crippen LogP contribution < -0.4 is 4.90 Å². The average molecular weight is 260 g/mol. The standard InChI is InChI=1S/C16H24N2O/c1-16(2,3)18-11-13-4-5-15(10-14(13)12-18)17-6-8-19-9-7-17/h4-5,10H,6-9,11-12H2,1-3H3. The molecule has 0 saturated carbocycles. The van der Waals surface area contributed by atoms with Crippen molar-refractivity contribution in [1.29, 1.82) is 0 Å². The molecule has 1 fully saturated rings. The first kappa shape index (κ1) is 12.9. The fraction of sp³-hybridized carbons (Fsp3) is 0.625. The summed E-state index contributed by atoms with van der Waals surface area (Å²) in [6, 6.07) is 6.97. The second-order valence-electron chi connectivity index (χ2n) is 6.58.